The highest BCUT2D eigenvalue weighted by Gasteiger charge is 2.11. The second-order valence-electron chi connectivity index (χ2n) is 6.43. The van der Waals surface area contributed by atoms with Crippen LogP contribution in [0.5, 0.6) is 5.75 Å². The molecular formula is C18H26N6O2. The monoisotopic (exact) mass is 358 g/mol. The summed E-state index contributed by atoms with van der Waals surface area (Å²) < 4.78 is 5.68. The average Bonchev–Trinajstić information content (AvgIpc) is 3.14. The van der Waals surface area contributed by atoms with Crippen LogP contribution in [0.3, 0.4) is 0 Å². The molecule has 0 unspecified atom stereocenters. The molecule has 2 aromatic heterocycles. The maximum absolute atomic E-state index is 12.0. The molecule has 0 saturated carbocycles. The molecule has 0 atom stereocenters. The Labute approximate surface area is 153 Å². The Hall–Kier alpha value is -2.61. The molecule has 3 rings (SSSR count). The zero-order valence-corrected chi connectivity index (χ0v) is 15.3. The molecular weight excluding hydrogens is 332 g/mol. The van der Waals surface area contributed by atoms with E-state index in [2.05, 4.69) is 30.5 Å². The first-order valence-electron chi connectivity index (χ1n) is 9.02. The molecule has 8 nitrogen and oxygen atoms in total. The number of nitrogens with zero attached hydrogens (tertiary/aromatic N) is 3. The quantitative estimate of drug-likeness (QED) is 0.622. The van der Waals surface area contributed by atoms with E-state index in [-0.39, 0.29) is 5.56 Å². The van der Waals surface area contributed by atoms with E-state index in [1.54, 1.807) is 19.3 Å². The lowest BCUT2D eigenvalue weighted by Crippen LogP contribution is -2.22. The summed E-state index contributed by atoms with van der Waals surface area (Å²) in [6.07, 6.45) is 5.06. The molecule has 1 saturated heterocycles. The van der Waals surface area contributed by atoms with Crippen LogP contribution in [-0.2, 0) is 0 Å². The van der Waals surface area contributed by atoms with Crippen molar-refractivity contribution in [1.82, 2.24) is 19.9 Å². The first kappa shape index (κ1) is 18.2. The van der Waals surface area contributed by atoms with Gasteiger partial charge < -0.3 is 25.3 Å². The molecule has 1 fully saturated rings. The van der Waals surface area contributed by atoms with Crippen molar-refractivity contribution < 1.29 is 4.74 Å². The molecule has 1 aliphatic heterocycles. The normalized spacial score (nSPS) is 14.4. The van der Waals surface area contributed by atoms with Crippen LogP contribution in [0.4, 0.5) is 17.5 Å². The van der Waals surface area contributed by atoms with Gasteiger partial charge in [-0.15, -0.1) is 0 Å². The minimum Gasteiger partial charge on any atom is -0.488 e. The zero-order valence-electron chi connectivity index (χ0n) is 15.3. The Morgan fingerprint density at radius 1 is 1.27 bits per heavy atom. The summed E-state index contributed by atoms with van der Waals surface area (Å²) in [4.78, 5) is 25.8. The molecule has 2 aromatic rings. The Kier molecular flexibility index (Phi) is 6.06. The SMILES string of the molecule is CNc1cc(C)nc(Nc2c[nH]c(=O)c(OCCCN3CCCC3)c2)n1. The van der Waals surface area contributed by atoms with Crippen molar-refractivity contribution in [1.29, 1.82) is 0 Å². The number of rotatable bonds is 8. The van der Waals surface area contributed by atoms with E-state index in [1.807, 2.05) is 13.0 Å². The standard InChI is InChI=1S/C18H26N6O2/c1-13-10-16(19-2)23-18(21-13)22-14-11-15(17(25)20-12-14)26-9-5-8-24-6-3-4-7-24/h10-12H,3-9H2,1-2H3,(H,20,25)(H2,19,21,22,23). The third-order valence-electron chi connectivity index (χ3n) is 4.31. The molecule has 0 spiro atoms. The largest absolute Gasteiger partial charge is 0.488 e. The van der Waals surface area contributed by atoms with Crippen LogP contribution in [0.1, 0.15) is 25.0 Å². The summed E-state index contributed by atoms with van der Waals surface area (Å²) in [5, 5.41) is 6.10. The van der Waals surface area contributed by atoms with Crippen LogP contribution in [-0.4, -0.2) is 53.1 Å². The van der Waals surface area contributed by atoms with E-state index in [0.717, 1.165) is 24.5 Å². The third kappa shape index (κ3) is 4.95. The number of nitrogens with one attached hydrogen (secondary N) is 3. The molecule has 26 heavy (non-hydrogen) atoms. The van der Waals surface area contributed by atoms with Gasteiger partial charge in [0.25, 0.3) is 5.56 Å². The van der Waals surface area contributed by atoms with Gasteiger partial charge in [-0.05, 0) is 39.3 Å². The van der Waals surface area contributed by atoms with Gasteiger partial charge in [0.15, 0.2) is 5.75 Å². The summed E-state index contributed by atoms with van der Waals surface area (Å²) in [6, 6.07) is 3.53. The summed E-state index contributed by atoms with van der Waals surface area (Å²) in [7, 11) is 1.81. The highest BCUT2D eigenvalue weighted by Crippen LogP contribution is 2.17. The van der Waals surface area contributed by atoms with Gasteiger partial charge in [-0.1, -0.05) is 0 Å². The minimum absolute atomic E-state index is 0.238. The lowest BCUT2D eigenvalue weighted by Gasteiger charge is -2.14. The number of H-pyrrole nitrogens is 1. The van der Waals surface area contributed by atoms with Crippen LogP contribution in [0.15, 0.2) is 23.1 Å². The molecule has 0 bridgehead atoms. The van der Waals surface area contributed by atoms with Crippen LogP contribution < -0.4 is 20.9 Å². The number of aryl methyl sites for hydroxylation is 1. The highest BCUT2D eigenvalue weighted by atomic mass is 16.5. The second kappa shape index (κ2) is 8.66. The van der Waals surface area contributed by atoms with Gasteiger partial charge in [0.05, 0.1) is 12.3 Å². The minimum atomic E-state index is -0.238. The van der Waals surface area contributed by atoms with Crippen LogP contribution in [0.25, 0.3) is 0 Å². The number of pyridine rings is 1. The van der Waals surface area contributed by atoms with Crippen LogP contribution in [0, 0.1) is 6.92 Å². The molecule has 1 aliphatic rings. The van der Waals surface area contributed by atoms with Gasteiger partial charge in [0.2, 0.25) is 5.95 Å². The Balaban J connectivity index is 1.60. The van der Waals surface area contributed by atoms with E-state index in [9.17, 15) is 4.79 Å². The van der Waals surface area contributed by atoms with Crippen molar-refractivity contribution in [2.75, 3.05) is 43.9 Å². The zero-order chi connectivity index (χ0) is 18.4. The van der Waals surface area contributed by atoms with Gasteiger partial charge in [0, 0.05) is 37.6 Å². The van der Waals surface area contributed by atoms with E-state index in [4.69, 9.17) is 4.74 Å². The van der Waals surface area contributed by atoms with Crippen molar-refractivity contribution in [3.05, 3.63) is 34.4 Å². The van der Waals surface area contributed by atoms with Gasteiger partial charge in [-0.3, -0.25) is 4.79 Å². The van der Waals surface area contributed by atoms with E-state index in [1.165, 1.54) is 25.9 Å². The van der Waals surface area contributed by atoms with Crippen molar-refractivity contribution >= 4 is 17.5 Å². The van der Waals surface area contributed by atoms with E-state index in [0.29, 0.717) is 24.0 Å². The molecule has 0 radical (unpaired) electrons. The molecule has 140 valence electrons. The van der Waals surface area contributed by atoms with Crippen molar-refractivity contribution in [2.45, 2.75) is 26.2 Å². The number of likely N-dealkylation sites (tertiary alicyclic amines) is 1. The Morgan fingerprint density at radius 2 is 2.08 bits per heavy atom. The predicted octanol–water partition coefficient (Wildman–Crippen LogP) is 2.12. The highest BCUT2D eigenvalue weighted by molar-refractivity contribution is 5.55. The lowest BCUT2D eigenvalue weighted by molar-refractivity contribution is 0.261. The lowest BCUT2D eigenvalue weighted by atomic mass is 10.3. The van der Waals surface area contributed by atoms with Gasteiger partial charge in [-0.2, -0.15) is 4.98 Å². The molecule has 8 heteroatoms. The number of hydrogen-bond acceptors (Lipinski definition) is 7. The fourth-order valence-corrected chi connectivity index (χ4v) is 3.00. The fourth-order valence-electron chi connectivity index (χ4n) is 3.00. The van der Waals surface area contributed by atoms with Crippen molar-refractivity contribution in [3.8, 4) is 5.75 Å². The first-order valence-corrected chi connectivity index (χ1v) is 9.02. The van der Waals surface area contributed by atoms with Gasteiger partial charge >= 0.3 is 0 Å². The molecule has 0 amide bonds. The number of aromatic nitrogens is 3. The maximum Gasteiger partial charge on any atom is 0.290 e. The van der Waals surface area contributed by atoms with Crippen molar-refractivity contribution in [2.24, 2.45) is 0 Å². The topological polar surface area (TPSA) is 95.2 Å². The number of hydrogen-bond donors (Lipinski definition) is 3. The predicted molar refractivity (Wildman–Crippen MR) is 102 cm³/mol. The van der Waals surface area contributed by atoms with Crippen LogP contribution >= 0.6 is 0 Å². The molecule has 0 aromatic carbocycles. The first-order chi connectivity index (χ1) is 12.6. The Morgan fingerprint density at radius 3 is 2.85 bits per heavy atom. The summed E-state index contributed by atoms with van der Waals surface area (Å²) in [5.74, 6) is 1.49. The second-order valence-corrected chi connectivity index (χ2v) is 6.43. The summed E-state index contributed by atoms with van der Waals surface area (Å²) in [5.41, 5.74) is 1.28. The van der Waals surface area contributed by atoms with Gasteiger partial charge in [-0.25, -0.2) is 4.98 Å². The smallest absolute Gasteiger partial charge is 0.290 e. The summed E-state index contributed by atoms with van der Waals surface area (Å²) in [6.45, 7) is 5.78. The van der Waals surface area contributed by atoms with Crippen molar-refractivity contribution in [3.63, 3.8) is 0 Å². The third-order valence-corrected chi connectivity index (χ3v) is 4.31. The average molecular weight is 358 g/mol. The van der Waals surface area contributed by atoms with E-state index < -0.39 is 0 Å². The Bertz CT molecular complexity index is 785. The number of aromatic amines is 1. The van der Waals surface area contributed by atoms with Crippen LogP contribution in [0.2, 0.25) is 0 Å². The molecule has 3 N–H and O–H groups in total. The fraction of sp³-hybridized carbons (Fsp3) is 0.500. The van der Waals surface area contributed by atoms with E-state index >= 15 is 0 Å². The maximum atomic E-state index is 12.0. The molecule has 0 aliphatic carbocycles. The number of anilines is 3. The summed E-state index contributed by atoms with van der Waals surface area (Å²) >= 11 is 0. The molecule has 3 heterocycles. The number of ether oxygens (including phenoxy) is 1. The van der Waals surface area contributed by atoms with Gasteiger partial charge in [0.1, 0.15) is 5.82 Å².